The average molecular weight is 318 g/mol. The number of hydrogen-bond acceptors (Lipinski definition) is 1. The third-order valence-corrected chi connectivity index (χ3v) is 4.06. The molecule has 1 N–H and O–H groups in total. The molecule has 0 radical (unpaired) electrons. The summed E-state index contributed by atoms with van der Waals surface area (Å²) >= 11 is 3.48. The topological polar surface area (TPSA) is 12.0 Å². The zero-order valence-electron chi connectivity index (χ0n) is 11.7. The second-order valence-corrected chi connectivity index (χ2v) is 5.87. The first-order valence-electron chi connectivity index (χ1n) is 6.69. The molecule has 0 amide bonds. The van der Waals surface area contributed by atoms with Crippen molar-refractivity contribution >= 4 is 21.6 Å². The predicted octanol–water partition coefficient (Wildman–Crippen LogP) is 5.63. The lowest BCUT2D eigenvalue weighted by atomic mass is 10.0. The minimum absolute atomic E-state index is 0.357. The maximum absolute atomic E-state index is 3.62. The minimum atomic E-state index is 0.357. The Kier molecular flexibility index (Phi) is 4.65. The summed E-state index contributed by atoms with van der Waals surface area (Å²) in [6, 6.07) is 15.4. The number of hydrogen-bond donors (Lipinski definition) is 1. The molecule has 2 heteroatoms. The lowest BCUT2D eigenvalue weighted by Crippen LogP contribution is -2.09. The number of anilines is 1. The van der Waals surface area contributed by atoms with Crippen LogP contribution in [0.5, 0.6) is 0 Å². The molecule has 2 aromatic carbocycles. The van der Waals surface area contributed by atoms with Gasteiger partial charge in [0.2, 0.25) is 0 Å². The normalized spacial score (nSPS) is 12.2. The molecule has 2 rings (SSSR count). The third-order valence-electron chi connectivity index (χ3n) is 3.53. The Morgan fingerprint density at radius 3 is 2.26 bits per heavy atom. The molecule has 0 spiro atoms. The van der Waals surface area contributed by atoms with E-state index in [4.69, 9.17) is 0 Å². The summed E-state index contributed by atoms with van der Waals surface area (Å²) in [5, 5.41) is 3.62. The Morgan fingerprint density at radius 1 is 1.00 bits per heavy atom. The van der Waals surface area contributed by atoms with E-state index in [1.807, 2.05) is 0 Å². The maximum Gasteiger partial charge on any atom is 0.0511 e. The fraction of sp³-hybridized carbons (Fsp3) is 0.294. The first-order chi connectivity index (χ1) is 9.10. The van der Waals surface area contributed by atoms with Crippen LogP contribution in [-0.2, 0) is 0 Å². The molecule has 0 aliphatic heterocycles. The van der Waals surface area contributed by atoms with Gasteiger partial charge in [-0.2, -0.15) is 0 Å². The van der Waals surface area contributed by atoms with Crippen molar-refractivity contribution in [3.63, 3.8) is 0 Å². The zero-order valence-corrected chi connectivity index (χ0v) is 13.3. The average Bonchev–Trinajstić information content (AvgIpc) is 2.41. The monoisotopic (exact) mass is 317 g/mol. The molecule has 0 heterocycles. The second-order valence-electron chi connectivity index (χ2n) is 4.96. The SMILES string of the molecule is CCC(Nc1ccc(C)c(C)c1)c1ccc(Br)cc1. The van der Waals surface area contributed by atoms with E-state index < -0.39 is 0 Å². The van der Waals surface area contributed by atoms with Gasteiger partial charge in [-0.3, -0.25) is 0 Å². The number of aryl methyl sites for hydroxylation is 2. The molecule has 1 unspecified atom stereocenters. The predicted molar refractivity (Wildman–Crippen MR) is 86.7 cm³/mol. The molecule has 0 bridgehead atoms. The van der Waals surface area contributed by atoms with E-state index in [1.54, 1.807) is 0 Å². The summed E-state index contributed by atoms with van der Waals surface area (Å²) in [5.74, 6) is 0. The van der Waals surface area contributed by atoms with E-state index in [0.717, 1.165) is 10.9 Å². The van der Waals surface area contributed by atoms with Crippen molar-refractivity contribution in [2.45, 2.75) is 33.2 Å². The molecule has 0 saturated heterocycles. The Labute approximate surface area is 124 Å². The van der Waals surface area contributed by atoms with Crippen LogP contribution in [0.1, 0.15) is 36.1 Å². The smallest absolute Gasteiger partial charge is 0.0511 e. The van der Waals surface area contributed by atoms with Crippen molar-refractivity contribution in [3.8, 4) is 0 Å². The van der Waals surface area contributed by atoms with E-state index in [2.05, 4.69) is 84.5 Å². The van der Waals surface area contributed by atoms with E-state index >= 15 is 0 Å². The van der Waals surface area contributed by atoms with Gasteiger partial charge in [-0.15, -0.1) is 0 Å². The molecule has 0 aliphatic rings. The Hall–Kier alpha value is -1.28. The number of nitrogens with one attached hydrogen (secondary N) is 1. The summed E-state index contributed by atoms with van der Waals surface area (Å²) in [7, 11) is 0. The van der Waals surface area contributed by atoms with E-state index in [9.17, 15) is 0 Å². The molecule has 0 saturated carbocycles. The maximum atomic E-state index is 3.62. The summed E-state index contributed by atoms with van der Waals surface area (Å²) < 4.78 is 1.12. The Morgan fingerprint density at radius 2 is 1.68 bits per heavy atom. The second kappa shape index (κ2) is 6.25. The largest absolute Gasteiger partial charge is 0.378 e. The molecule has 0 aromatic heterocycles. The van der Waals surface area contributed by atoms with Crippen LogP contribution < -0.4 is 5.32 Å². The molecule has 0 aliphatic carbocycles. The van der Waals surface area contributed by atoms with Gasteiger partial charge in [0.1, 0.15) is 0 Å². The highest BCUT2D eigenvalue weighted by Crippen LogP contribution is 2.25. The van der Waals surface area contributed by atoms with Crippen LogP contribution in [0.2, 0.25) is 0 Å². The van der Waals surface area contributed by atoms with E-state index in [-0.39, 0.29) is 0 Å². The van der Waals surface area contributed by atoms with Crippen LogP contribution in [0.3, 0.4) is 0 Å². The van der Waals surface area contributed by atoms with E-state index in [0.29, 0.717) is 6.04 Å². The molecule has 1 nitrogen and oxygen atoms in total. The lowest BCUT2D eigenvalue weighted by Gasteiger charge is -2.19. The molecule has 100 valence electrons. The van der Waals surface area contributed by atoms with Crippen molar-refractivity contribution in [3.05, 3.63) is 63.6 Å². The van der Waals surface area contributed by atoms with Crippen molar-refractivity contribution < 1.29 is 0 Å². The van der Waals surface area contributed by atoms with Crippen LogP contribution in [0, 0.1) is 13.8 Å². The molecular weight excluding hydrogens is 298 g/mol. The number of benzene rings is 2. The van der Waals surface area contributed by atoms with Gasteiger partial charge in [0.25, 0.3) is 0 Å². The van der Waals surface area contributed by atoms with Gasteiger partial charge in [0.15, 0.2) is 0 Å². The molecule has 1 atom stereocenters. The first kappa shape index (κ1) is 14.1. The van der Waals surface area contributed by atoms with Gasteiger partial charge < -0.3 is 5.32 Å². The van der Waals surface area contributed by atoms with Crippen LogP contribution in [0.15, 0.2) is 46.9 Å². The fourth-order valence-electron chi connectivity index (χ4n) is 2.15. The summed E-state index contributed by atoms with van der Waals surface area (Å²) in [4.78, 5) is 0. The minimum Gasteiger partial charge on any atom is -0.378 e. The summed E-state index contributed by atoms with van der Waals surface area (Å²) in [6.45, 7) is 6.51. The van der Waals surface area contributed by atoms with Gasteiger partial charge in [-0.05, 0) is 61.2 Å². The summed E-state index contributed by atoms with van der Waals surface area (Å²) in [5.41, 5.74) is 5.18. The Balaban J connectivity index is 2.18. The van der Waals surface area contributed by atoms with Crippen molar-refractivity contribution in [2.75, 3.05) is 5.32 Å². The van der Waals surface area contributed by atoms with Crippen LogP contribution >= 0.6 is 15.9 Å². The first-order valence-corrected chi connectivity index (χ1v) is 7.48. The molecule has 2 aromatic rings. The van der Waals surface area contributed by atoms with Gasteiger partial charge in [0.05, 0.1) is 6.04 Å². The number of halogens is 1. The van der Waals surface area contributed by atoms with E-state index in [1.165, 1.54) is 22.4 Å². The highest BCUT2D eigenvalue weighted by Gasteiger charge is 2.09. The molecular formula is C17H20BrN. The van der Waals surface area contributed by atoms with Gasteiger partial charge >= 0.3 is 0 Å². The standard InChI is InChI=1S/C17H20BrN/c1-4-17(14-6-8-15(18)9-7-14)19-16-10-5-12(2)13(3)11-16/h5-11,17,19H,4H2,1-3H3. The van der Waals surface area contributed by atoms with Crippen molar-refractivity contribution in [2.24, 2.45) is 0 Å². The van der Waals surface area contributed by atoms with Gasteiger partial charge in [-0.1, -0.05) is 41.1 Å². The zero-order chi connectivity index (χ0) is 13.8. The van der Waals surface area contributed by atoms with Crippen molar-refractivity contribution in [1.82, 2.24) is 0 Å². The highest BCUT2D eigenvalue weighted by molar-refractivity contribution is 9.10. The van der Waals surface area contributed by atoms with Gasteiger partial charge in [0, 0.05) is 10.2 Å². The lowest BCUT2D eigenvalue weighted by molar-refractivity contribution is 0.749. The third kappa shape index (κ3) is 3.60. The molecule has 19 heavy (non-hydrogen) atoms. The quantitative estimate of drug-likeness (QED) is 0.770. The fourth-order valence-corrected chi connectivity index (χ4v) is 2.41. The van der Waals surface area contributed by atoms with Crippen LogP contribution in [0.4, 0.5) is 5.69 Å². The number of rotatable bonds is 4. The van der Waals surface area contributed by atoms with Gasteiger partial charge in [-0.25, -0.2) is 0 Å². The van der Waals surface area contributed by atoms with Crippen molar-refractivity contribution in [1.29, 1.82) is 0 Å². The summed E-state index contributed by atoms with van der Waals surface area (Å²) in [6.07, 6.45) is 1.06. The highest BCUT2D eigenvalue weighted by atomic mass is 79.9. The Bertz CT molecular complexity index is 546. The van der Waals surface area contributed by atoms with Crippen LogP contribution in [-0.4, -0.2) is 0 Å². The van der Waals surface area contributed by atoms with Crippen LogP contribution in [0.25, 0.3) is 0 Å². The molecule has 0 fully saturated rings.